The van der Waals surface area contributed by atoms with Crippen molar-refractivity contribution in [3.05, 3.63) is 18.5 Å². The summed E-state index contributed by atoms with van der Waals surface area (Å²) in [6.07, 6.45) is 4.35. The Hall–Kier alpha value is -1.32. The number of aliphatic carboxylic acids is 1. The van der Waals surface area contributed by atoms with Crippen molar-refractivity contribution in [2.24, 2.45) is 0 Å². The monoisotopic (exact) mass is 168 g/mol. The standard InChI is InChI=1S/C8H12N2O2/c1-7(3-4-8(11)12)10-6-2-5-9-10/h2,5-7H,3-4H2,1H3,(H,11,12). The van der Waals surface area contributed by atoms with Crippen molar-refractivity contribution >= 4 is 5.97 Å². The molecule has 66 valence electrons. The molecule has 0 fully saturated rings. The molecule has 1 rings (SSSR count). The Labute approximate surface area is 70.8 Å². The summed E-state index contributed by atoms with van der Waals surface area (Å²) in [5, 5.41) is 12.4. The molecule has 0 bridgehead atoms. The van der Waals surface area contributed by atoms with Gasteiger partial charge in [-0.1, -0.05) is 0 Å². The van der Waals surface area contributed by atoms with Gasteiger partial charge in [-0.3, -0.25) is 9.48 Å². The molecule has 4 heteroatoms. The molecule has 0 spiro atoms. The molecule has 0 aliphatic carbocycles. The minimum Gasteiger partial charge on any atom is -0.481 e. The van der Waals surface area contributed by atoms with Gasteiger partial charge in [0, 0.05) is 24.9 Å². The number of rotatable bonds is 4. The third-order valence-corrected chi connectivity index (χ3v) is 1.75. The molecule has 4 nitrogen and oxygen atoms in total. The molecule has 1 heterocycles. The summed E-state index contributed by atoms with van der Waals surface area (Å²) in [4.78, 5) is 10.2. The van der Waals surface area contributed by atoms with Crippen molar-refractivity contribution in [2.75, 3.05) is 0 Å². The number of hydrogen-bond acceptors (Lipinski definition) is 2. The van der Waals surface area contributed by atoms with Crippen LogP contribution in [0.1, 0.15) is 25.8 Å². The molecule has 1 aromatic rings. The topological polar surface area (TPSA) is 55.1 Å². The normalized spacial score (nSPS) is 12.8. The SMILES string of the molecule is CC(CCC(=O)O)n1cccn1. The fourth-order valence-electron chi connectivity index (χ4n) is 1.01. The number of carbonyl (C=O) groups is 1. The van der Waals surface area contributed by atoms with Gasteiger partial charge in [0.2, 0.25) is 0 Å². The van der Waals surface area contributed by atoms with E-state index in [2.05, 4.69) is 5.10 Å². The fourth-order valence-corrected chi connectivity index (χ4v) is 1.01. The van der Waals surface area contributed by atoms with Crippen LogP contribution in [0, 0.1) is 0 Å². The van der Waals surface area contributed by atoms with Crippen LogP contribution in [0.4, 0.5) is 0 Å². The van der Waals surface area contributed by atoms with Gasteiger partial charge in [-0.15, -0.1) is 0 Å². The Morgan fingerprint density at radius 2 is 2.50 bits per heavy atom. The smallest absolute Gasteiger partial charge is 0.303 e. The van der Waals surface area contributed by atoms with Crippen molar-refractivity contribution in [1.29, 1.82) is 0 Å². The van der Waals surface area contributed by atoms with E-state index in [0.717, 1.165) is 0 Å². The van der Waals surface area contributed by atoms with Gasteiger partial charge in [0.1, 0.15) is 0 Å². The van der Waals surface area contributed by atoms with Gasteiger partial charge in [0.15, 0.2) is 0 Å². The second-order valence-electron chi connectivity index (χ2n) is 2.77. The summed E-state index contributed by atoms with van der Waals surface area (Å²) in [7, 11) is 0. The van der Waals surface area contributed by atoms with Gasteiger partial charge in [-0.2, -0.15) is 5.10 Å². The van der Waals surface area contributed by atoms with E-state index in [-0.39, 0.29) is 12.5 Å². The fraction of sp³-hybridized carbons (Fsp3) is 0.500. The van der Waals surface area contributed by atoms with E-state index in [0.29, 0.717) is 6.42 Å². The Morgan fingerprint density at radius 3 is 3.00 bits per heavy atom. The highest BCUT2D eigenvalue weighted by molar-refractivity contribution is 5.66. The largest absolute Gasteiger partial charge is 0.481 e. The Morgan fingerprint density at radius 1 is 1.75 bits per heavy atom. The molecule has 1 atom stereocenters. The van der Waals surface area contributed by atoms with Gasteiger partial charge in [-0.05, 0) is 19.4 Å². The first-order valence-electron chi connectivity index (χ1n) is 3.91. The van der Waals surface area contributed by atoms with Crippen LogP contribution in [0.3, 0.4) is 0 Å². The first-order valence-corrected chi connectivity index (χ1v) is 3.91. The molecule has 12 heavy (non-hydrogen) atoms. The highest BCUT2D eigenvalue weighted by Crippen LogP contribution is 2.10. The Balaban J connectivity index is 2.39. The number of hydrogen-bond donors (Lipinski definition) is 1. The first-order chi connectivity index (χ1) is 5.70. The summed E-state index contributed by atoms with van der Waals surface area (Å²) in [5.41, 5.74) is 0. The lowest BCUT2D eigenvalue weighted by Crippen LogP contribution is -2.07. The highest BCUT2D eigenvalue weighted by Gasteiger charge is 2.06. The predicted molar refractivity (Wildman–Crippen MR) is 43.8 cm³/mol. The van der Waals surface area contributed by atoms with Gasteiger partial charge >= 0.3 is 5.97 Å². The van der Waals surface area contributed by atoms with Gasteiger partial charge in [-0.25, -0.2) is 0 Å². The van der Waals surface area contributed by atoms with Crippen molar-refractivity contribution in [1.82, 2.24) is 9.78 Å². The summed E-state index contributed by atoms with van der Waals surface area (Å²) < 4.78 is 1.77. The zero-order valence-corrected chi connectivity index (χ0v) is 6.97. The van der Waals surface area contributed by atoms with E-state index < -0.39 is 5.97 Å². The molecule has 0 aromatic carbocycles. The first kappa shape index (κ1) is 8.77. The number of carboxylic acids is 1. The summed E-state index contributed by atoms with van der Waals surface area (Å²) in [6.45, 7) is 1.95. The van der Waals surface area contributed by atoms with Gasteiger partial charge in [0.25, 0.3) is 0 Å². The number of aromatic nitrogens is 2. The van der Waals surface area contributed by atoms with Crippen LogP contribution in [0.25, 0.3) is 0 Å². The molecule has 1 unspecified atom stereocenters. The third-order valence-electron chi connectivity index (χ3n) is 1.75. The summed E-state index contributed by atoms with van der Waals surface area (Å²) in [6, 6.07) is 1.99. The van der Waals surface area contributed by atoms with Crippen molar-refractivity contribution in [3.63, 3.8) is 0 Å². The van der Waals surface area contributed by atoms with E-state index in [1.54, 1.807) is 10.9 Å². The van der Waals surface area contributed by atoms with Crippen molar-refractivity contribution in [2.45, 2.75) is 25.8 Å². The maximum absolute atomic E-state index is 10.2. The van der Waals surface area contributed by atoms with Crippen LogP contribution in [0.15, 0.2) is 18.5 Å². The number of carboxylic acid groups (broad SMARTS) is 1. The third kappa shape index (κ3) is 2.38. The molecule has 0 aliphatic heterocycles. The number of nitrogens with zero attached hydrogens (tertiary/aromatic N) is 2. The van der Waals surface area contributed by atoms with Crippen LogP contribution in [0.2, 0.25) is 0 Å². The molecule has 0 saturated heterocycles. The van der Waals surface area contributed by atoms with Crippen molar-refractivity contribution < 1.29 is 9.90 Å². The molecular weight excluding hydrogens is 156 g/mol. The van der Waals surface area contributed by atoms with Crippen LogP contribution < -0.4 is 0 Å². The molecular formula is C8H12N2O2. The van der Waals surface area contributed by atoms with Crippen molar-refractivity contribution in [3.8, 4) is 0 Å². The maximum Gasteiger partial charge on any atom is 0.303 e. The van der Waals surface area contributed by atoms with Crippen LogP contribution in [0.5, 0.6) is 0 Å². The van der Waals surface area contributed by atoms with Crippen LogP contribution in [-0.4, -0.2) is 20.9 Å². The molecule has 0 aliphatic rings. The quantitative estimate of drug-likeness (QED) is 0.737. The molecule has 0 radical (unpaired) electrons. The van der Waals surface area contributed by atoms with E-state index in [1.165, 1.54) is 0 Å². The average molecular weight is 168 g/mol. The summed E-state index contributed by atoms with van der Waals surface area (Å²) >= 11 is 0. The zero-order valence-electron chi connectivity index (χ0n) is 6.97. The lowest BCUT2D eigenvalue weighted by atomic mass is 10.2. The minimum atomic E-state index is -0.756. The van der Waals surface area contributed by atoms with E-state index in [4.69, 9.17) is 5.11 Å². The molecule has 0 amide bonds. The zero-order chi connectivity index (χ0) is 8.97. The van der Waals surface area contributed by atoms with E-state index in [1.807, 2.05) is 19.2 Å². The minimum absolute atomic E-state index is 0.163. The summed E-state index contributed by atoms with van der Waals surface area (Å²) in [5.74, 6) is -0.756. The highest BCUT2D eigenvalue weighted by atomic mass is 16.4. The van der Waals surface area contributed by atoms with Crippen LogP contribution >= 0.6 is 0 Å². The average Bonchev–Trinajstić information content (AvgIpc) is 2.51. The maximum atomic E-state index is 10.2. The lowest BCUT2D eigenvalue weighted by molar-refractivity contribution is -0.137. The second-order valence-corrected chi connectivity index (χ2v) is 2.77. The Kier molecular flexibility index (Phi) is 2.85. The molecule has 1 aromatic heterocycles. The predicted octanol–water partition coefficient (Wildman–Crippen LogP) is 1.31. The van der Waals surface area contributed by atoms with Gasteiger partial charge < -0.3 is 5.11 Å². The molecule has 0 saturated carbocycles. The lowest BCUT2D eigenvalue weighted by Gasteiger charge is -2.09. The van der Waals surface area contributed by atoms with Crippen LogP contribution in [-0.2, 0) is 4.79 Å². The van der Waals surface area contributed by atoms with E-state index in [9.17, 15) is 4.79 Å². The second kappa shape index (κ2) is 3.90. The van der Waals surface area contributed by atoms with Gasteiger partial charge in [0.05, 0.1) is 0 Å². The Bertz CT molecular complexity index is 244. The molecule has 1 N–H and O–H groups in total. The van der Waals surface area contributed by atoms with E-state index >= 15 is 0 Å².